The van der Waals surface area contributed by atoms with E-state index in [0.717, 1.165) is 48.5 Å². The zero-order chi connectivity index (χ0) is 22.3. The summed E-state index contributed by atoms with van der Waals surface area (Å²) in [6.45, 7) is 3.82. The number of aromatic nitrogens is 6. The van der Waals surface area contributed by atoms with E-state index in [1.54, 1.807) is 24.2 Å². The van der Waals surface area contributed by atoms with Crippen LogP contribution in [0.25, 0.3) is 11.4 Å². The number of morpholine rings is 1. The summed E-state index contributed by atoms with van der Waals surface area (Å²) in [6.07, 6.45) is 5.06. The van der Waals surface area contributed by atoms with Crippen LogP contribution in [-0.4, -0.2) is 61.9 Å². The lowest BCUT2D eigenvalue weighted by atomic mass is 10.2. The van der Waals surface area contributed by atoms with Gasteiger partial charge in [-0.15, -0.1) is 10.2 Å². The molecule has 0 bridgehead atoms. The molecule has 4 heterocycles. The molecule has 1 fully saturated rings. The van der Waals surface area contributed by atoms with Gasteiger partial charge in [0.1, 0.15) is 0 Å². The zero-order valence-corrected chi connectivity index (χ0v) is 19.0. The van der Waals surface area contributed by atoms with E-state index in [1.807, 2.05) is 18.2 Å². The second kappa shape index (κ2) is 10.6. The van der Waals surface area contributed by atoms with Crippen LogP contribution in [0.3, 0.4) is 0 Å². The van der Waals surface area contributed by atoms with Gasteiger partial charge in [0.2, 0.25) is 17.7 Å². The van der Waals surface area contributed by atoms with Crippen molar-refractivity contribution in [2.24, 2.45) is 0 Å². The summed E-state index contributed by atoms with van der Waals surface area (Å²) in [6, 6.07) is 14.2. The largest absolute Gasteiger partial charge is 0.378 e. The maximum Gasteiger partial charge on any atom is 0.228 e. The third-order valence-corrected chi connectivity index (χ3v) is 6.40. The van der Waals surface area contributed by atoms with Crippen LogP contribution in [-0.2, 0) is 17.7 Å². The monoisotopic (exact) mass is 463 g/mol. The molecule has 9 nitrogen and oxygen atoms in total. The van der Waals surface area contributed by atoms with Gasteiger partial charge in [-0.25, -0.2) is 0 Å². The molecule has 0 radical (unpaired) electrons. The van der Waals surface area contributed by atoms with Crippen LogP contribution in [0, 0.1) is 0 Å². The number of rotatable bonds is 9. The van der Waals surface area contributed by atoms with Gasteiger partial charge in [-0.3, -0.25) is 9.55 Å². The molecule has 4 aromatic rings. The molecule has 0 unspecified atom stereocenters. The van der Waals surface area contributed by atoms with Crippen LogP contribution in [0.4, 0.5) is 5.95 Å². The number of anilines is 1. The first-order valence-corrected chi connectivity index (χ1v) is 12.0. The first kappa shape index (κ1) is 21.6. The van der Waals surface area contributed by atoms with E-state index >= 15 is 0 Å². The van der Waals surface area contributed by atoms with Crippen molar-refractivity contribution in [2.75, 3.05) is 37.0 Å². The number of ether oxygens (including phenoxy) is 1. The summed E-state index contributed by atoms with van der Waals surface area (Å²) in [5.41, 5.74) is 2.13. The van der Waals surface area contributed by atoms with E-state index in [-0.39, 0.29) is 0 Å². The third-order valence-electron chi connectivity index (χ3n) is 5.35. The molecule has 10 heteroatoms. The molecule has 0 aliphatic carbocycles. The molecule has 33 heavy (non-hydrogen) atoms. The lowest BCUT2D eigenvalue weighted by molar-refractivity contribution is 0.121. The summed E-state index contributed by atoms with van der Waals surface area (Å²) in [5, 5.41) is 14.0. The number of aryl methyl sites for hydroxylation is 1. The molecule has 0 atom stereocenters. The summed E-state index contributed by atoms with van der Waals surface area (Å²) < 4.78 is 13.1. The normalized spacial score (nSPS) is 14.0. The average molecular weight is 464 g/mol. The smallest absolute Gasteiger partial charge is 0.228 e. The van der Waals surface area contributed by atoms with E-state index in [2.05, 4.69) is 59.1 Å². The van der Waals surface area contributed by atoms with Gasteiger partial charge in [-0.1, -0.05) is 47.3 Å². The van der Waals surface area contributed by atoms with E-state index < -0.39 is 0 Å². The van der Waals surface area contributed by atoms with Crippen LogP contribution >= 0.6 is 11.8 Å². The fourth-order valence-electron chi connectivity index (χ4n) is 3.65. The summed E-state index contributed by atoms with van der Waals surface area (Å²) in [5.74, 6) is 3.02. The van der Waals surface area contributed by atoms with Crippen molar-refractivity contribution in [2.45, 2.75) is 24.5 Å². The highest BCUT2D eigenvalue weighted by Crippen LogP contribution is 2.25. The third kappa shape index (κ3) is 5.40. The molecule has 0 saturated carbocycles. The second-order valence-electron chi connectivity index (χ2n) is 7.65. The van der Waals surface area contributed by atoms with Crippen molar-refractivity contribution in [3.63, 3.8) is 0 Å². The van der Waals surface area contributed by atoms with Gasteiger partial charge >= 0.3 is 0 Å². The van der Waals surface area contributed by atoms with Crippen LogP contribution in [0.1, 0.15) is 17.9 Å². The molecule has 3 aromatic heterocycles. The maximum absolute atomic E-state index is 5.51. The van der Waals surface area contributed by atoms with Gasteiger partial charge in [0.25, 0.3) is 0 Å². The Labute approximate surface area is 196 Å². The quantitative estimate of drug-likeness (QED) is 0.274. The highest BCUT2D eigenvalue weighted by Gasteiger charge is 2.21. The van der Waals surface area contributed by atoms with Crippen molar-refractivity contribution >= 4 is 17.7 Å². The van der Waals surface area contributed by atoms with Crippen molar-refractivity contribution < 1.29 is 9.26 Å². The molecular formula is C23H25N7O2S. The molecule has 0 spiro atoms. The first-order chi connectivity index (χ1) is 16.4. The Morgan fingerprint density at radius 3 is 2.61 bits per heavy atom. The summed E-state index contributed by atoms with van der Waals surface area (Å²) >= 11 is 1.71. The Morgan fingerprint density at radius 1 is 0.970 bits per heavy atom. The number of nitrogens with zero attached hydrogens (tertiary/aromatic N) is 7. The lowest BCUT2D eigenvalue weighted by Crippen LogP contribution is -2.38. The predicted octanol–water partition coefficient (Wildman–Crippen LogP) is 3.33. The van der Waals surface area contributed by atoms with Gasteiger partial charge < -0.3 is 14.2 Å². The van der Waals surface area contributed by atoms with Crippen LogP contribution < -0.4 is 4.90 Å². The van der Waals surface area contributed by atoms with Crippen molar-refractivity contribution in [1.29, 1.82) is 0 Å². The molecule has 5 rings (SSSR count). The Hall–Kier alpha value is -3.24. The molecule has 0 amide bonds. The van der Waals surface area contributed by atoms with Gasteiger partial charge in [0.05, 0.1) is 19.8 Å². The Bertz CT molecular complexity index is 1140. The van der Waals surface area contributed by atoms with Crippen LogP contribution in [0.15, 0.2) is 64.5 Å². The molecule has 170 valence electrons. The molecule has 1 saturated heterocycles. The minimum absolute atomic E-state index is 0.595. The zero-order valence-electron chi connectivity index (χ0n) is 18.2. The minimum Gasteiger partial charge on any atom is -0.378 e. The minimum atomic E-state index is 0.595. The topological polar surface area (TPSA) is 95.0 Å². The fraction of sp³-hybridized carbons (Fsp3) is 0.348. The summed E-state index contributed by atoms with van der Waals surface area (Å²) in [7, 11) is 0. The van der Waals surface area contributed by atoms with Crippen LogP contribution in [0.2, 0.25) is 0 Å². The van der Waals surface area contributed by atoms with Crippen molar-refractivity contribution in [1.82, 2.24) is 29.9 Å². The lowest BCUT2D eigenvalue weighted by Gasteiger charge is -2.28. The van der Waals surface area contributed by atoms with E-state index in [1.165, 1.54) is 5.56 Å². The predicted molar refractivity (Wildman–Crippen MR) is 125 cm³/mol. The van der Waals surface area contributed by atoms with E-state index in [9.17, 15) is 0 Å². The molecule has 1 aliphatic heterocycles. The fourth-order valence-corrected chi connectivity index (χ4v) is 4.52. The SMILES string of the molecule is c1ccc(Cn2c(SCCCc3nc(-c4ccncc4)no3)nnc2N2CCOCC2)cc1. The Kier molecular flexibility index (Phi) is 6.93. The average Bonchev–Trinajstić information content (AvgIpc) is 3.51. The number of pyridine rings is 1. The van der Waals surface area contributed by atoms with Gasteiger partial charge in [-0.05, 0) is 24.1 Å². The number of hydrogen-bond donors (Lipinski definition) is 0. The Morgan fingerprint density at radius 2 is 1.79 bits per heavy atom. The highest BCUT2D eigenvalue weighted by molar-refractivity contribution is 7.99. The standard InChI is InChI=1S/C23H25N7O2S/c1-2-5-18(6-3-1)17-30-22(29-12-14-31-15-13-29)26-27-23(30)33-16-4-7-20-25-21(28-32-20)19-8-10-24-11-9-19/h1-3,5-6,8-11H,4,7,12-17H2. The van der Waals surface area contributed by atoms with Gasteiger partial charge in [0.15, 0.2) is 5.16 Å². The highest BCUT2D eigenvalue weighted by atomic mass is 32.2. The molecular weight excluding hydrogens is 438 g/mol. The van der Waals surface area contributed by atoms with E-state index in [0.29, 0.717) is 31.3 Å². The van der Waals surface area contributed by atoms with E-state index in [4.69, 9.17) is 9.26 Å². The molecule has 1 aromatic carbocycles. The van der Waals surface area contributed by atoms with Crippen LogP contribution in [0.5, 0.6) is 0 Å². The molecule has 1 aliphatic rings. The number of thioether (sulfide) groups is 1. The Balaban J connectivity index is 1.22. The maximum atomic E-state index is 5.51. The molecule has 0 N–H and O–H groups in total. The van der Waals surface area contributed by atoms with Gasteiger partial charge in [0, 0.05) is 43.2 Å². The number of benzene rings is 1. The van der Waals surface area contributed by atoms with Gasteiger partial charge in [-0.2, -0.15) is 4.98 Å². The first-order valence-electron chi connectivity index (χ1n) is 11.0. The number of hydrogen-bond acceptors (Lipinski definition) is 9. The summed E-state index contributed by atoms with van der Waals surface area (Å²) in [4.78, 5) is 10.8. The van der Waals surface area contributed by atoms with Crippen molar-refractivity contribution in [3.8, 4) is 11.4 Å². The van der Waals surface area contributed by atoms with Crippen molar-refractivity contribution in [3.05, 3.63) is 66.3 Å². The second-order valence-corrected chi connectivity index (χ2v) is 8.72.